The Morgan fingerprint density at radius 1 is 0.950 bits per heavy atom. The van der Waals surface area contributed by atoms with E-state index in [9.17, 15) is 0 Å². The molecular formula is C17H36N2O. The molecule has 1 saturated heterocycles. The normalized spacial score (nSPS) is 22.9. The smallest absolute Gasteiger partial charge is 0.0760 e. The van der Waals surface area contributed by atoms with Crippen LogP contribution in [0.25, 0.3) is 0 Å². The van der Waals surface area contributed by atoms with E-state index in [0.717, 1.165) is 19.6 Å². The van der Waals surface area contributed by atoms with E-state index in [1.165, 1.54) is 25.8 Å². The lowest BCUT2D eigenvalue weighted by Gasteiger charge is -2.47. The van der Waals surface area contributed by atoms with Gasteiger partial charge in [0.15, 0.2) is 0 Å². The van der Waals surface area contributed by atoms with Crippen LogP contribution in [-0.4, -0.2) is 47.8 Å². The van der Waals surface area contributed by atoms with Gasteiger partial charge in [0.1, 0.15) is 0 Å². The van der Waals surface area contributed by atoms with Gasteiger partial charge in [-0.3, -0.25) is 4.90 Å². The molecule has 120 valence electrons. The molecule has 1 rings (SSSR count). The summed E-state index contributed by atoms with van der Waals surface area (Å²) in [6.07, 6.45) is 3.87. The predicted molar refractivity (Wildman–Crippen MR) is 87.3 cm³/mol. The average Bonchev–Trinajstić information content (AvgIpc) is 2.16. The molecule has 0 unspecified atom stereocenters. The lowest BCUT2D eigenvalue weighted by atomic mass is 9.98. The number of rotatable bonds is 6. The van der Waals surface area contributed by atoms with E-state index in [1.807, 2.05) is 0 Å². The van der Waals surface area contributed by atoms with E-state index in [2.05, 4.69) is 58.7 Å². The van der Waals surface area contributed by atoms with Gasteiger partial charge < -0.3 is 10.1 Å². The molecule has 0 aromatic rings. The highest BCUT2D eigenvalue weighted by Crippen LogP contribution is 2.28. The van der Waals surface area contributed by atoms with Crippen LogP contribution in [0, 0.1) is 0 Å². The van der Waals surface area contributed by atoms with Crippen molar-refractivity contribution in [2.75, 3.05) is 26.2 Å². The predicted octanol–water partition coefficient (Wildman–Crippen LogP) is 3.43. The van der Waals surface area contributed by atoms with E-state index in [4.69, 9.17) is 4.74 Å². The molecule has 1 N–H and O–H groups in total. The van der Waals surface area contributed by atoms with Crippen LogP contribution < -0.4 is 5.32 Å². The van der Waals surface area contributed by atoms with E-state index < -0.39 is 0 Å². The minimum absolute atomic E-state index is 0.0183. The van der Waals surface area contributed by atoms with Crippen LogP contribution in [0.15, 0.2) is 0 Å². The van der Waals surface area contributed by atoms with Crippen molar-refractivity contribution < 1.29 is 4.74 Å². The number of nitrogens with zero attached hydrogens (tertiary/aromatic N) is 1. The fraction of sp³-hybridized carbons (Fsp3) is 1.00. The molecule has 0 saturated carbocycles. The van der Waals surface area contributed by atoms with E-state index in [0.29, 0.717) is 0 Å². The van der Waals surface area contributed by atoms with Gasteiger partial charge >= 0.3 is 0 Å². The van der Waals surface area contributed by atoms with Gasteiger partial charge in [0.05, 0.1) is 11.2 Å². The number of hydrogen-bond acceptors (Lipinski definition) is 3. The standard InChI is InChI=1S/C17H36N2O/c1-15(2,3)18-11-9-8-10-12-19-13-16(4,5)20-17(6,7)14-19/h18H,8-14H2,1-7H3. The maximum absolute atomic E-state index is 6.12. The van der Waals surface area contributed by atoms with Gasteiger partial charge in [-0.05, 0) is 74.4 Å². The van der Waals surface area contributed by atoms with Crippen molar-refractivity contribution in [1.82, 2.24) is 10.2 Å². The molecule has 0 amide bonds. The zero-order chi connectivity index (χ0) is 15.4. The third-order valence-electron chi connectivity index (χ3n) is 3.57. The maximum atomic E-state index is 6.12. The largest absolute Gasteiger partial charge is 0.367 e. The summed E-state index contributed by atoms with van der Waals surface area (Å²) in [7, 11) is 0. The maximum Gasteiger partial charge on any atom is 0.0760 e. The van der Waals surface area contributed by atoms with Gasteiger partial charge in [0.25, 0.3) is 0 Å². The quantitative estimate of drug-likeness (QED) is 0.756. The summed E-state index contributed by atoms with van der Waals surface area (Å²) in [6.45, 7) is 19.9. The van der Waals surface area contributed by atoms with Gasteiger partial charge in [0, 0.05) is 18.6 Å². The molecular weight excluding hydrogens is 248 g/mol. The number of ether oxygens (including phenoxy) is 1. The molecule has 1 aliphatic rings. The first-order chi connectivity index (χ1) is 8.99. The minimum Gasteiger partial charge on any atom is -0.367 e. The fourth-order valence-corrected chi connectivity index (χ4v) is 3.20. The molecule has 3 nitrogen and oxygen atoms in total. The monoisotopic (exact) mass is 284 g/mol. The molecule has 1 aliphatic heterocycles. The fourth-order valence-electron chi connectivity index (χ4n) is 3.20. The second-order valence-corrected chi connectivity index (χ2v) is 8.57. The lowest BCUT2D eigenvalue weighted by molar-refractivity contribution is -0.180. The van der Waals surface area contributed by atoms with Crippen molar-refractivity contribution in [2.24, 2.45) is 0 Å². The first-order valence-corrected chi connectivity index (χ1v) is 8.17. The van der Waals surface area contributed by atoms with Crippen LogP contribution in [0.3, 0.4) is 0 Å². The highest BCUT2D eigenvalue weighted by molar-refractivity contribution is 4.88. The Morgan fingerprint density at radius 2 is 1.50 bits per heavy atom. The first kappa shape index (κ1) is 17.9. The molecule has 1 fully saturated rings. The van der Waals surface area contributed by atoms with Crippen LogP contribution in [0.4, 0.5) is 0 Å². The molecule has 0 spiro atoms. The number of nitrogens with one attached hydrogen (secondary N) is 1. The van der Waals surface area contributed by atoms with Crippen LogP contribution >= 0.6 is 0 Å². The molecule has 0 aromatic heterocycles. The molecule has 3 heteroatoms. The van der Waals surface area contributed by atoms with Crippen molar-refractivity contribution >= 4 is 0 Å². The highest BCUT2D eigenvalue weighted by atomic mass is 16.5. The van der Waals surface area contributed by atoms with Crippen LogP contribution in [0.2, 0.25) is 0 Å². The summed E-state index contributed by atoms with van der Waals surface area (Å²) in [5, 5.41) is 3.55. The number of morpholine rings is 1. The molecule has 0 atom stereocenters. The Balaban J connectivity index is 2.19. The van der Waals surface area contributed by atoms with Crippen LogP contribution in [0.5, 0.6) is 0 Å². The first-order valence-electron chi connectivity index (χ1n) is 8.17. The van der Waals surface area contributed by atoms with Gasteiger partial charge in [-0.1, -0.05) is 6.42 Å². The van der Waals surface area contributed by atoms with Gasteiger partial charge in [-0.15, -0.1) is 0 Å². The zero-order valence-corrected chi connectivity index (χ0v) is 14.8. The summed E-state index contributed by atoms with van der Waals surface area (Å²) in [5.41, 5.74) is 0.212. The zero-order valence-electron chi connectivity index (χ0n) is 14.8. The summed E-state index contributed by atoms with van der Waals surface area (Å²) < 4.78 is 6.12. The van der Waals surface area contributed by atoms with Crippen molar-refractivity contribution in [1.29, 1.82) is 0 Å². The van der Waals surface area contributed by atoms with Crippen LogP contribution in [-0.2, 0) is 4.74 Å². The van der Waals surface area contributed by atoms with Gasteiger partial charge in [0.2, 0.25) is 0 Å². The Kier molecular flexibility index (Phi) is 6.06. The van der Waals surface area contributed by atoms with Crippen molar-refractivity contribution in [3.8, 4) is 0 Å². The van der Waals surface area contributed by atoms with Crippen molar-refractivity contribution in [2.45, 2.75) is 84.5 Å². The van der Waals surface area contributed by atoms with E-state index >= 15 is 0 Å². The van der Waals surface area contributed by atoms with Crippen LogP contribution in [0.1, 0.15) is 67.7 Å². The van der Waals surface area contributed by atoms with Crippen molar-refractivity contribution in [3.05, 3.63) is 0 Å². The third kappa shape index (κ3) is 7.61. The summed E-state index contributed by atoms with van der Waals surface area (Å²) >= 11 is 0. The van der Waals surface area contributed by atoms with Gasteiger partial charge in [-0.25, -0.2) is 0 Å². The average molecular weight is 284 g/mol. The number of hydrogen-bond donors (Lipinski definition) is 1. The lowest BCUT2D eigenvalue weighted by Crippen LogP contribution is -2.57. The number of unbranched alkanes of at least 4 members (excludes halogenated alkanes) is 2. The van der Waals surface area contributed by atoms with Crippen molar-refractivity contribution in [3.63, 3.8) is 0 Å². The molecule has 0 radical (unpaired) electrons. The molecule has 0 bridgehead atoms. The third-order valence-corrected chi connectivity index (χ3v) is 3.57. The van der Waals surface area contributed by atoms with Gasteiger partial charge in [-0.2, -0.15) is 0 Å². The summed E-state index contributed by atoms with van der Waals surface area (Å²) in [5.74, 6) is 0. The molecule has 1 heterocycles. The SMILES string of the molecule is CC(C)(C)NCCCCCN1CC(C)(C)OC(C)(C)C1. The van der Waals surface area contributed by atoms with E-state index in [1.54, 1.807) is 0 Å². The Labute approximate surface area is 126 Å². The molecule has 0 aromatic carbocycles. The second kappa shape index (κ2) is 6.76. The summed E-state index contributed by atoms with van der Waals surface area (Å²) in [6, 6.07) is 0. The summed E-state index contributed by atoms with van der Waals surface area (Å²) in [4.78, 5) is 2.57. The molecule has 20 heavy (non-hydrogen) atoms. The Bertz CT molecular complexity index is 276. The second-order valence-electron chi connectivity index (χ2n) is 8.57. The minimum atomic E-state index is -0.0183. The topological polar surface area (TPSA) is 24.5 Å². The Morgan fingerprint density at radius 3 is 2.00 bits per heavy atom. The Hall–Kier alpha value is -0.120. The van der Waals surface area contributed by atoms with E-state index in [-0.39, 0.29) is 16.7 Å². The highest BCUT2D eigenvalue weighted by Gasteiger charge is 2.37. The molecule has 0 aliphatic carbocycles.